The maximum Gasteiger partial charge on any atom is 0.258 e. The Kier molecular flexibility index (Phi) is 4.52. The molecule has 4 rings (SSSR count). The maximum absolute atomic E-state index is 13.1. The second-order valence-electron chi connectivity index (χ2n) is 6.95. The zero-order chi connectivity index (χ0) is 19.0. The van der Waals surface area contributed by atoms with E-state index in [2.05, 4.69) is 4.98 Å². The first-order valence-corrected chi connectivity index (χ1v) is 9.26. The van der Waals surface area contributed by atoms with Crippen molar-refractivity contribution in [3.63, 3.8) is 0 Å². The molecule has 1 aliphatic rings. The number of carbonyl (C=O) groups excluding carboxylic acids is 1. The quantitative estimate of drug-likeness (QED) is 0.749. The molecule has 0 unspecified atom stereocenters. The minimum absolute atomic E-state index is 0.0464. The van der Waals surface area contributed by atoms with E-state index in [-0.39, 0.29) is 5.91 Å². The highest BCUT2D eigenvalue weighted by Crippen LogP contribution is 2.33. The van der Waals surface area contributed by atoms with Gasteiger partial charge in [0, 0.05) is 41.0 Å². The van der Waals surface area contributed by atoms with E-state index in [0.29, 0.717) is 17.1 Å². The Balaban J connectivity index is 1.67. The van der Waals surface area contributed by atoms with Gasteiger partial charge < -0.3 is 19.4 Å². The molecule has 0 aliphatic heterocycles. The Morgan fingerprint density at radius 3 is 2.56 bits per heavy atom. The van der Waals surface area contributed by atoms with Gasteiger partial charge in [0.05, 0.1) is 14.2 Å². The van der Waals surface area contributed by atoms with Crippen molar-refractivity contribution in [2.24, 2.45) is 0 Å². The third-order valence-corrected chi connectivity index (χ3v) is 5.40. The smallest absolute Gasteiger partial charge is 0.258 e. The predicted octanol–water partition coefficient (Wildman–Crippen LogP) is 4.34. The number of aryl methyl sites for hydroxylation is 2. The molecule has 1 amide bonds. The fraction of sp³-hybridized carbons (Fsp3) is 0.318. The normalized spacial score (nSPS) is 13.3. The van der Waals surface area contributed by atoms with Crippen LogP contribution in [-0.4, -0.2) is 32.2 Å². The molecule has 0 bridgehead atoms. The summed E-state index contributed by atoms with van der Waals surface area (Å²) in [4.78, 5) is 18.2. The van der Waals surface area contributed by atoms with Crippen LogP contribution in [0, 0.1) is 0 Å². The molecule has 0 atom stereocenters. The average molecular weight is 364 g/mol. The van der Waals surface area contributed by atoms with Crippen molar-refractivity contribution in [3.05, 3.63) is 53.2 Å². The first-order valence-electron chi connectivity index (χ1n) is 9.26. The molecule has 5 heteroatoms. The molecule has 1 aromatic heterocycles. The van der Waals surface area contributed by atoms with Crippen LogP contribution in [0.25, 0.3) is 10.9 Å². The lowest BCUT2D eigenvalue weighted by atomic mass is 9.95. The predicted molar refractivity (Wildman–Crippen MR) is 107 cm³/mol. The number of anilines is 1. The highest BCUT2D eigenvalue weighted by atomic mass is 16.5. The molecule has 27 heavy (non-hydrogen) atoms. The van der Waals surface area contributed by atoms with Crippen LogP contribution in [0.3, 0.4) is 0 Å². The van der Waals surface area contributed by atoms with Gasteiger partial charge in [-0.15, -0.1) is 0 Å². The number of methoxy groups -OCH3 is 2. The number of benzene rings is 2. The van der Waals surface area contributed by atoms with E-state index >= 15 is 0 Å². The molecule has 0 spiro atoms. The molecule has 0 saturated carbocycles. The summed E-state index contributed by atoms with van der Waals surface area (Å²) in [6.45, 7) is 0. The van der Waals surface area contributed by atoms with E-state index < -0.39 is 0 Å². The number of hydrogen-bond donors (Lipinski definition) is 1. The highest BCUT2D eigenvalue weighted by Gasteiger charge is 2.19. The third-order valence-electron chi connectivity index (χ3n) is 5.40. The molecule has 1 heterocycles. The molecule has 3 aromatic rings. The van der Waals surface area contributed by atoms with Gasteiger partial charge in [-0.25, -0.2) is 0 Å². The summed E-state index contributed by atoms with van der Waals surface area (Å²) in [6, 6.07) is 11.4. The second-order valence-corrected chi connectivity index (χ2v) is 6.95. The van der Waals surface area contributed by atoms with Crippen LogP contribution in [0.5, 0.6) is 11.5 Å². The minimum Gasteiger partial charge on any atom is -0.493 e. The number of fused-ring (bicyclic) bond motifs is 3. The summed E-state index contributed by atoms with van der Waals surface area (Å²) in [5, 5.41) is 1.18. The Hall–Kier alpha value is -2.95. The Morgan fingerprint density at radius 2 is 1.78 bits per heavy atom. The molecule has 0 saturated heterocycles. The fourth-order valence-electron chi connectivity index (χ4n) is 3.88. The van der Waals surface area contributed by atoms with Crippen molar-refractivity contribution in [3.8, 4) is 11.5 Å². The van der Waals surface area contributed by atoms with Gasteiger partial charge in [0.25, 0.3) is 5.91 Å². The number of nitrogens with one attached hydrogen (secondary N) is 1. The monoisotopic (exact) mass is 364 g/mol. The summed E-state index contributed by atoms with van der Waals surface area (Å²) < 4.78 is 10.6. The Morgan fingerprint density at radius 1 is 1.00 bits per heavy atom. The summed E-state index contributed by atoms with van der Waals surface area (Å²) in [7, 11) is 4.96. The van der Waals surface area contributed by atoms with E-state index in [1.807, 2.05) is 36.4 Å². The van der Waals surface area contributed by atoms with Crippen LogP contribution >= 0.6 is 0 Å². The van der Waals surface area contributed by atoms with Crippen molar-refractivity contribution in [1.29, 1.82) is 0 Å². The van der Waals surface area contributed by atoms with Gasteiger partial charge in [0.1, 0.15) is 0 Å². The van der Waals surface area contributed by atoms with Crippen LogP contribution in [0.2, 0.25) is 0 Å². The summed E-state index contributed by atoms with van der Waals surface area (Å²) >= 11 is 0. The van der Waals surface area contributed by atoms with Crippen LogP contribution in [0.15, 0.2) is 36.4 Å². The van der Waals surface area contributed by atoms with Gasteiger partial charge in [-0.2, -0.15) is 0 Å². The standard InChI is InChI=1S/C22H24N2O3/c1-24(15-9-11-20(26-2)21(13-15)27-3)22(25)14-8-10-19-17(12-14)16-6-4-5-7-18(16)23-19/h8-13,23H,4-7H2,1-3H3. The lowest BCUT2D eigenvalue weighted by molar-refractivity contribution is 0.0993. The largest absolute Gasteiger partial charge is 0.493 e. The van der Waals surface area contributed by atoms with Crippen LogP contribution in [0.1, 0.15) is 34.5 Å². The van der Waals surface area contributed by atoms with Crippen molar-refractivity contribution in [2.45, 2.75) is 25.7 Å². The van der Waals surface area contributed by atoms with E-state index in [1.54, 1.807) is 26.2 Å². The van der Waals surface area contributed by atoms with Gasteiger partial charge >= 0.3 is 0 Å². The van der Waals surface area contributed by atoms with E-state index in [1.165, 1.54) is 29.5 Å². The van der Waals surface area contributed by atoms with Gasteiger partial charge in [-0.05, 0) is 61.6 Å². The SMILES string of the molecule is COc1ccc(N(C)C(=O)c2ccc3[nH]c4c(c3c2)CCCC4)cc1OC. The van der Waals surface area contributed by atoms with Crippen molar-refractivity contribution in [1.82, 2.24) is 4.98 Å². The second kappa shape index (κ2) is 6.99. The molecule has 1 N–H and O–H groups in total. The average Bonchev–Trinajstić information content (AvgIpc) is 3.10. The molecule has 1 aliphatic carbocycles. The van der Waals surface area contributed by atoms with E-state index in [0.717, 1.165) is 24.0 Å². The number of rotatable bonds is 4. The topological polar surface area (TPSA) is 54.6 Å². The van der Waals surface area contributed by atoms with Gasteiger partial charge in [0.2, 0.25) is 0 Å². The first-order chi connectivity index (χ1) is 13.1. The first kappa shape index (κ1) is 17.5. The summed E-state index contributed by atoms with van der Waals surface area (Å²) in [5.41, 5.74) is 5.27. The van der Waals surface area contributed by atoms with Gasteiger partial charge in [-0.1, -0.05) is 0 Å². The molecular weight excluding hydrogens is 340 g/mol. The zero-order valence-corrected chi connectivity index (χ0v) is 16.0. The number of hydrogen-bond acceptors (Lipinski definition) is 3. The molecule has 5 nitrogen and oxygen atoms in total. The van der Waals surface area contributed by atoms with Gasteiger partial charge in [-0.3, -0.25) is 4.79 Å². The van der Waals surface area contributed by atoms with Crippen LogP contribution in [0.4, 0.5) is 5.69 Å². The molecule has 0 fully saturated rings. The number of amides is 1. The summed E-state index contributed by atoms with van der Waals surface area (Å²) in [6.07, 6.45) is 4.62. The molecule has 2 aromatic carbocycles. The number of aromatic amines is 1. The van der Waals surface area contributed by atoms with Crippen LogP contribution in [-0.2, 0) is 12.8 Å². The van der Waals surface area contributed by atoms with Gasteiger partial charge in [0.15, 0.2) is 11.5 Å². The Labute approximate surface area is 158 Å². The maximum atomic E-state index is 13.1. The van der Waals surface area contributed by atoms with Crippen molar-refractivity contribution in [2.75, 3.05) is 26.2 Å². The molecule has 0 radical (unpaired) electrons. The zero-order valence-electron chi connectivity index (χ0n) is 16.0. The molecule has 140 valence electrons. The lowest BCUT2D eigenvalue weighted by Crippen LogP contribution is -2.26. The van der Waals surface area contributed by atoms with Crippen molar-refractivity contribution >= 4 is 22.5 Å². The number of H-pyrrole nitrogens is 1. The number of ether oxygens (including phenoxy) is 2. The van der Waals surface area contributed by atoms with Crippen molar-refractivity contribution < 1.29 is 14.3 Å². The molecular formula is C22H24N2O3. The number of aromatic nitrogens is 1. The fourth-order valence-corrected chi connectivity index (χ4v) is 3.88. The third kappa shape index (κ3) is 3.03. The highest BCUT2D eigenvalue weighted by molar-refractivity contribution is 6.08. The van der Waals surface area contributed by atoms with Crippen LogP contribution < -0.4 is 14.4 Å². The summed E-state index contributed by atoms with van der Waals surface area (Å²) in [5.74, 6) is 1.20. The Bertz CT molecular complexity index is 1010. The van der Waals surface area contributed by atoms with E-state index in [4.69, 9.17) is 9.47 Å². The lowest BCUT2D eigenvalue weighted by Gasteiger charge is -2.19. The van der Waals surface area contributed by atoms with E-state index in [9.17, 15) is 4.79 Å². The minimum atomic E-state index is -0.0464. The number of carbonyl (C=O) groups is 1. The number of nitrogens with zero attached hydrogens (tertiary/aromatic N) is 1.